The number of ether oxygens (including phenoxy) is 2. The number of rotatable bonds is 8. The number of aliphatic hydroxyl groups is 2. The van der Waals surface area contributed by atoms with E-state index < -0.39 is 48.2 Å². The topological polar surface area (TPSA) is 134 Å². The summed E-state index contributed by atoms with van der Waals surface area (Å²) < 4.78 is 24.3. The van der Waals surface area contributed by atoms with E-state index in [4.69, 9.17) is 15.2 Å². The fourth-order valence-electron chi connectivity index (χ4n) is 2.26. The van der Waals surface area contributed by atoms with Crippen molar-refractivity contribution >= 4 is 12.1 Å². The Morgan fingerprint density at radius 1 is 1.38 bits per heavy atom. The molecule has 0 bridgehead atoms. The van der Waals surface area contributed by atoms with Gasteiger partial charge in [0.05, 0.1) is 18.4 Å². The molecule has 0 aliphatic carbocycles. The first kappa shape index (κ1) is 21.9. The summed E-state index contributed by atoms with van der Waals surface area (Å²) in [6, 6.07) is -1.12. The standard InChI is InChI=1S/C16H26FN3O6/c1-4-5-6-7-25-16(24)19-9(2)11(17)8-20(15(18)23)14-13(22)12(21)10(3)26-14/h8,10,12-14,21-22H,2,4-7H2,1,3H3,(H2,18,23)(H,19,24)/b11-8+/t10-,12?,13?,14-/m1/s1. The van der Waals surface area contributed by atoms with Crippen molar-refractivity contribution in [1.82, 2.24) is 10.2 Å². The van der Waals surface area contributed by atoms with Crippen LogP contribution < -0.4 is 11.1 Å². The van der Waals surface area contributed by atoms with E-state index >= 15 is 0 Å². The molecule has 0 aromatic rings. The van der Waals surface area contributed by atoms with Gasteiger partial charge in [-0.1, -0.05) is 26.3 Å². The molecule has 3 amide bonds. The number of nitrogens with two attached hydrogens (primary N) is 1. The Labute approximate surface area is 151 Å². The second kappa shape index (κ2) is 10.1. The first-order valence-corrected chi connectivity index (χ1v) is 8.28. The third kappa shape index (κ3) is 5.97. The molecule has 1 fully saturated rings. The maximum Gasteiger partial charge on any atom is 0.411 e. The van der Waals surface area contributed by atoms with Crippen LogP contribution in [0, 0.1) is 0 Å². The Morgan fingerprint density at radius 3 is 2.54 bits per heavy atom. The van der Waals surface area contributed by atoms with Gasteiger partial charge in [-0.05, 0) is 13.3 Å². The molecule has 1 heterocycles. The van der Waals surface area contributed by atoms with E-state index in [1.54, 1.807) is 0 Å². The van der Waals surface area contributed by atoms with Crippen LogP contribution in [0.25, 0.3) is 0 Å². The van der Waals surface area contributed by atoms with Crippen LogP contribution in [0.4, 0.5) is 14.0 Å². The molecule has 0 aromatic carbocycles. The normalized spacial score (nSPS) is 25.7. The van der Waals surface area contributed by atoms with Gasteiger partial charge < -0.3 is 25.4 Å². The lowest BCUT2D eigenvalue weighted by Crippen LogP contribution is -2.46. The number of hydrogen-bond donors (Lipinski definition) is 4. The Bertz CT molecular complexity index is 556. The highest BCUT2D eigenvalue weighted by atomic mass is 19.1. The number of carbonyl (C=O) groups is 2. The number of primary amides is 1. The van der Waals surface area contributed by atoms with Gasteiger partial charge in [0.1, 0.15) is 12.2 Å². The number of aliphatic hydroxyl groups excluding tert-OH is 2. The fraction of sp³-hybridized carbons (Fsp3) is 0.625. The van der Waals surface area contributed by atoms with Gasteiger partial charge >= 0.3 is 12.1 Å². The summed E-state index contributed by atoms with van der Waals surface area (Å²) in [7, 11) is 0. The lowest BCUT2D eigenvalue weighted by atomic mass is 10.1. The van der Waals surface area contributed by atoms with E-state index in [0.717, 1.165) is 12.8 Å². The number of hydrogen-bond acceptors (Lipinski definition) is 6. The Hall–Kier alpha value is -2.17. The van der Waals surface area contributed by atoms with Gasteiger partial charge in [-0.15, -0.1) is 0 Å². The van der Waals surface area contributed by atoms with E-state index in [-0.39, 0.29) is 6.61 Å². The molecular weight excluding hydrogens is 349 g/mol. The smallest absolute Gasteiger partial charge is 0.411 e. The first-order valence-electron chi connectivity index (χ1n) is 8.28. The van der Waals surface area contributed by atoms with E-state index in [0.29, 0.717) is 17.5 Å². The van der Waals surface area contributed by atoms with E-state index in [2.05, 4.69) is 11.9 Å². The lowest BCUT2D eigenvalue weighted by Gasteiger charge is -2.25. The van der Waals surface area contributed by atoms with E-state index in [1.807, 2.05) is 6.92 Å². The summed E-state index contributed by atoms with van der Waals surface area (Å²) in [5, 5.41) is 21.7. The molecule has 9 nitrogen and oxygen atoms in total. The van der Waals surface area contributed by atoms with Crippen molar-refractivity contribution in [1.29, 1.82) is 0 Å². The number of alkyl carbamates (subject to hydrolysis) is 1. The zero-order valence-electron chi connectivity index (χ0n) is 14.9. The second-order valence-corrected chi connectivity index (χ2v) is 5.88. The van der Waals surface area contributed by atoms with Crippen molar-refractivity contribution in [2.24, 2.45) is 5.73 Å². The monoisotopic (exact) mass is 375 g/mol. The van der Waals surface area contributed by atoms with Crippen LogP contribution in [0.15, 0.2) is 24.3 Å². The summed E-state index contributed by atoms with van der Waals surface area (Å²) in [5.74, 6) is -1.10. The predicted octanol–water partition coefficient (Wildman–Crippen LogP) is 1.07. The number of unbranched alkanes of at least 4 members (excludes halogenated alkanes) is 2. The van der Waals surface area contributed by atoms with Crippen LogP contribution in [0.2, 0.25) is 0 Å². The summed E-state index contributed by atoms with van der Waals surface area (Å²) in [6.45, 7) is 7.00. The minimum Gasteiger partial charge on any atom is -0.449 e. The first-order chi connectivity index (χ1) is 12.2. The van der Waals surface area contributed by atoms with Crippen molar-refractivity contribution in [3.8, 4) is 0 Å². The zero-order chi connectivity index (χ0) is 19.9. The average Bonchev–Trinajstić information content (AvgIpc) is 2.83. The molecule has 1 rings (SSSR count). The van der Waals surface area contributed by atoms with E-state index in [1.165, 1.54) is 6.92 Å². The quantitative estimate of drug-likeness (QED) is 0.370. The molecule has 0 spiro atoms. The molecule has 10 heteroatoms. The summed E-state index contributed by atoms with van der Waals surface area (Å²) in [5.41, 5.74) is 4.71. The molecule has 0 aromatic heterocycles. The Balaban J connectivity index is 2.70. The fourth-order valence-corrected chi connectivity index (χ4v) is 2.26. The van der Waals surface area contributed by atoms with Crippen LogP contribution in [0.3, 0.4) is 0 Å². The molecule has 1 aliphatic heterocycles. The van der Waals surface area contributed by atoms with Gasteiger partial charge in [0, 0.05) is 6.20 Å². The van der Waals surface area contributed by atoms with Gasteiger partial charge in [0.15, 0.2) is 12.1 Å². The number of allylic oxidation sites excluding steroid dienone is 1. The largest absolute Gasteiger partial charge is 0.449 e. The number of nitrogens with zero attached hydrogens (tertiary/aromatic N) is 1. The number of nitrogens with one attached hydrogen (secondary N) is 1. The Kier molecular flexibility index (Phi) is 8.49. The molecular formula is C16H26FN3O6. The molecule has 4 atom stereocenters. The molecule has 0 radical (unpaired) electrons. The highest BCUT2D eigenvalue weighted by Crippen LogP contribution is 2.25. The summed E-state index contributed by atoms with van der Waals surface area (Å²) in [6.07, 6.45) is -2.64. The minimum atomic E-state index is -1.48. The second-order valence-electron chi connectivity index (χ2n) is 5.88. The SMILES string of the molecule is C=C(NC(=O)OCCCCC)/C(F)=C\N(C(N)=O)[C@@H]1O[C@H](C)C(O)C1O. The molecule has 1 aliphatic rings. The van der Waals surface area contributed by atoms with Crippen LogP contribution >= 0.6 is 0 Å². The maximum absolute atomic E-state index is 14.2. The van der Waals surface area contributed by atoms with Gasteiger partial charge in [-0.2, -0.15) is 0 Å². The summed E-state index contributed by atoms with van der Waals surface area (Å²) >= 11 is 0. The van der Waals surface area contributed by atoms with Crippen molar-refractivity contribution in [3.05, 3.63) is 24.3 Å². The van der Waals surface area contributed by atoms with Crippen LogP contribution in [-0.4, -0.2) is 58.4 Å². The average molecular weight is 375 g/mol. The molecule has 5 N–H and O–H groups in total. The lowest BCUT2D eigenvalue weighted by molar-refractivity contribution is -0.0480. The zero-order valence-corrected chi connectivity index (χ0v) is 14.9. The van der Waals surface area contributed by atoms with Gasteiger partial charge in [-0.25, -0.2) is 14.0 Å². The Morgan fingerprint density at radius 2 is 2.04 bits per heavy atom. The van der Waals surface area contributed by atoms with Crippen LogP contribution in [-0.2, 0) is 9.47 Å². The number of carbonyl (C=O) groups excluding carboxylic acids is 2. The van der Waals surface area contributed by atoms with Gasteiger partial charge in [0.25, 0.3) is 0 Å². The van der Waals surface area contributed by atoms with Crippen molar-refractivity contribution < 1.29 is 33.7 Å². The van der Waals surface area contributed by atoms with Crippen LogP contribution in [0.1, 0.15) is 33.1 Å². The van der Waals surface area contributed by atoms with Gasteiger partial charge in [0.2, 0.25) is 0 Å². The molecule has 0 saturated carbocycles. The number of halogens is 1. The molecule has 26 heavy (non-hydrogen) atoms. The molecule has 1 saturated heterocycles. The van der Waals surface area contributed by atoms with E-state index in [9.17, 15) is 24.2 Å². The predicted molar refractivity (Wildman–Crippen MR) is 90.1 cm³/mol. The number of amides is 3. The highest BCUT2D eigenvalue weighted by Gasteiger charge is 2.44. The van der Waals surface area contributed by atoms with Crippen molar-refractivity contribution in [2.75, 3.05) is 6.61 Å². The van der Waals surface area contributed by atoms with Crippen molar-refractivity contribution in [3.63, 3.8) is 0 Å². The third-order valence-electron chi connectivity index (χ3n) is 3.78. The maximum atomic E-state index is 14.2. The van der Waals surface area contributed by atoms with Gasteiger partial charge in [-0.3, -0.25) is 10.2 Å². The van der Waals surface area contributed by atoms with Crippen molar-refractivity contribution in [2.45, 2.75) is 57.6 Å². The minimum absolute atomic E-state index is 0.184. The molecule has 2 unspecified atom stereocenters. The highest BCUT2D eigenvalue weighted by molar-refractivity contribution is 5.74. The van der Waals surface area contributed by atoms with Crippen LogP contribution in [0.5, 0.6) is 0 Å². The summed E-state index contributed by atoms with van der Waals surface area (Å²) in [4.78, 5) is 23.7. The molecule has 148 valence electrons. The number of urea groups is 1. The third-order valence-corrected chi connectivity index (χ3v) is 3.78.